The molecule has 1 aliphatic heterocycles. The summed E-state index contributed by atoms with van der Waals surface area (Å²) >= 11 is 0. The number of carbonyl (C=O) groups excluding carboxylic acids is 1. The molecule has 1 amide bonds. The second kappa shape index (κ2) is 5.46. The predicted molar refractivity (Wildman–Crippen MR) is 58.1 cm³/mol. The lowest BCUT2D eigenvalue weighted by Gasteiger charge is -2.08. The van der Waals surface area contributed by atoms with Crippen LogP contribution in [0.2, 0.25) is 0 Å². The van der Waals surface area contributed by atoms with Crippen molar-refractivity contribution in [1.82, 2.24) is 5.32 Å². The molecule has 6 heteroatoms. The Balaban J connectivity index is 2.18. The Morgan fingerprint density at radius 3 is 2.73 bits per heavy atom. The van der Waals surface area contributed by atoms with E-state index in [2.05, 4.69) is 5.32 Å². The summed E-state index contributed by atoms with van der Waals surface area (Å²) in [6, 6.07) is 0. The molecular weight excluding hydrogens is 216 g/mol. The van der Waals surface area contributed by atoms with Crippen molar-refractivity contribution in [2.24, 2.45) is 11.7 Å². The van der Waals surface area contributed by atoms with Gasteiger partial charge in [-0.1, -0.05) is 0 Å². The molecule has 0 radical (unpaired) electrons. The van der Waals surface area contributed by atoms with Crippen LogP contribution in [0.3, 0.4) is 0 Å². The van der Waals surface area contributed by atoms with E-state index in [1.807, 2.05) is 0 Å². The lowest BCUT2D eigenvalue weighted by molar-refractivity contribution is -0.121. The summed E-state index contributed by atoms with van der Waals surface area (Å²) in [5.41, 5.74) is 5.27. The number of nitrogens with two attached hydrogens (primary N) is 1. The molecule has 0 bridgehead atoms. The van der Waals surface area contributed by atoms with Gasteiger partial charge in [0.2, 0.25) is 5.91 Å². The number of rotatable bonds is 5. The fourth-order valence-corrected chi connectivity index (χ4v) is 3.50. The summed E-state index contributed by atoms with van der Waals surface area (Å²) < 4.78 is 22.3. The maximum Gasteiger partial charge on any atom is 0.220 e. The minimum Gasteiger partial charge on any atom is -0.356 e. The van der Waals surface area contributed by atoms with Crippen LogP contribution >= 0.6 is 0 Å². The van der Waals surface area contributed by atoms with Gasteiger partial charge in [0, 0.05) is 13.0 Å². The zero-order valence-electron chi connectivity index (χ0n) is 8.74. The highest BCUT2D eigenvalue weighted by Crippen LogP contribution is 2.17. The minimum absolute atomic E-state index is 0.0373. The number of amides is 1. The average Bonchev–Trinajstić information content (AvgIpc) is 2.52. The second-order valence-electron chi connectivity index (χ2n) is 3.97. The first-order valence-electron chi connectivity index (χ1n) is 5.20. The summed E-state index contributed by atoms with van der Waals surface area (Å²) in [5, 5.41) is 2.74. The van der Waals surface area contributed by atoms with E-state index >= 15 is 0 Å². The largest absolute Gasteiger partial charge is 0.356 e. The van der Waals surface area contributed by atoms with Crippen LogP contribution in [-0.4, -0.2) is 38.9 Å². The topological polar surface area (TPSA) is 89.3 Å². The molecular formula is C9H18N2O3S. The van der Waals surface area contributed by atoms with Crippen molar-refractivity contribution in [3.8, 4) is 0 Å². The first-order valence-corrected chi connectivity index (χ1v) is 7.03. The van der Waals surface area contributed by atoms with Crippen molar-refractivity contribution in [2.45, 2.75) is 19.3 Å². The molecule has 5 nitrogen and oxygen atoms in total. The van der Waals surface area contributed by atoms with Crippen LogP contribution in [-0.2, 0) is 14.6 Å². The lowest BCUT2D eigenvalue weighted by Crippen LogP contribution is -2.29. The van der Waals surface area contributed by atoms with Crippen molar-refractivity contribution in [3.63, 3.8) is 0 Å². The summed E-state index contributed by atoms with van der Waals surface area (Å²) in [4.78, 5) is 11.2. The van der Waals surface area contributed by atoms with E-state index in [1.54, 1.807) is 0 Å². The Morgan fingerprint density at radius 2 is 2.20 bits per heavy atom. The van der Waals surface area contributed by atoms with E-state index in [4.69, 9.17) is 5.73 Å². The Bertz CT molecular complexity index is 313. The van der Waals surface area contributed by atoms with Gasteiger partial charge in [-0.25, -0.2) is 8.42 Å². The third-order valence-electron chi connectivity index (χ3n) is 2.52. The molecule has 0 aromatic carbocycles. The molecule has 0 spiro atoms. The van der Waals surface area contributed by atoms with Gasteiger partial charge in [0.05, 0.1) is 11.5 Å². The molecule has 0 aromatic rings. The van der Waals surface area contributed by atoms with Gasteiger partial charge >= 0.3 is 0 Å². The Hall–Kier alpha value is -0.620. The SMILES string of the molecule is NCCCC(=O)NCC1CCS(=O)(=O)C1. The van der Waals surface area contributed by atoms with E-state index in [0.717, 1.165) is 0 Å². The molecule has 1 heterocycles. The molecule has 15 heavy (non-hydrogen) atoms. The molecule has 1 unspecified atom stereocenters. The Morgan fingerprint density at radius 1 is 1.47 bits per heavy atom. The van der Waals surface area contributed by atoms with Crippen molar-refractivity contribution < 1.29 is 13.2 Å². The molecule has 0 aromatic heterocycles. The van der Waals surface area contributed by atoms with Crippen molar-refractivity contribution in [2.75, 3.05) is 24.6 Å². The normalized spacial score (nSPS) is 23.9. The van der Waals surface area contributed by atoms with Crippen LogP contribution in [0.4, 0.5) is 0 Å². The highest BCUT2D eigenvalue weighted by molar-refractivity contribution is 7.91. The second-order valence-corrected chi connectivity index (χ2v) is 6.19. The third kappa shape index (κ3) is 4.61. The maximum absolute atomic E-state index is 11.2. The molecule has 1 saturated heterocycles. The van der Waals surface area contributed by atoms with Crippen LogP contribution in [0.1, 0.15) is 19.3 Å². The van der Waals surface area contributed by atoms with Crippen LogP contribution < -0.4 is 11.1 Å². The first-order chi connectivity index (χ1) is 7.03. The number of sulfone groups is 1. The zero-order valence-corrected chi connectivity index (χ0v) is 9.55. The summed E-state index contributed by atoms with van der Waals surface area (Å²) in [6.07, 6.45) is 1.77. The standard InChI is InChI=1S/C9H18N2O3S/c10-4-1-2-9(12)11-6-8-3-5-15(13,14)7-8/h8H,1-7,10H2,(H,11,12). The smallest absolute Gasteiger partial charge is 0.220 e. The predicted octanol–water partition coefficient (Wildman–Crippen LogP) is -0.724. The van der Waals surface area contributed by atoms with Gasteiger partial charge < -0.3 is 11.1 Å². The number of nitrogens with one attached hydrogen (secondary N) is 1. The van der Waals surface area contributed by atoms with Crippen molar-refractivity contribution in [3.05, 3.63) is 0 Å². The average molecular weight is 234 g/mol. The van der Waals surface area contributed by atoms with Crippen LogP contribution in [0.25, 0.3) is 0 Å². The van der Waals surface area contributed by atoms with Gasteiger partial charge in [0.25, 0.3) is 0 Å². The fraction of sp³-hybridized carbons (Fsp3) is 0.889. The molecule has 1 aliphatic rings. The van der Waals surface area contributed by atoms with E-state index in [1.165, 1.54) is 0 Å². The van der Waals surface area contributed by atoms with Crippen LogP contribution in [0.5, 0.6) is 0 Å². The van der Waals surface area contributed by atoms with E-state index in [-0.39, 0.29) is 23.3 Å². The van der Waals surface area contributed by atoms with Crippen LogP contribution in [0.15, 0.2) is 0 Å². The summed E-state index contributed by atoms with van der Waals surface area (Å²) in [5.74, 6) is 0.530. The Kier molecular flexibility index (Phi) is 4.53. The molecule has 0 aliphatic carbocycles. The van der Waals surface area contributed by atoms with Crippen LogP contribution in [0, 0.1) is 5.92 Å². The summed E-state index contributed by atoms with van der Waals surface area (Å²) in [6.45, 7) is 0.980. The van der Waals surface area contributed by atoms with E-state index in [0.29, 0.717) is 32.4 Å². The van der Waals surface area contributed by atoms with Crippen molar-refractivity contribution in [1.29, 1.82) is 0 Å². The first kappa shape index (κ1) is 12.4. The lowest BCUT2D eigenvalue weighted by atomic mass is 10.1. The van der Waals surface area contributed by atoms with E-state index in [9.17, 15) is 13.2 Å². The third-order valence-corrected chi connectivity index (χ3v) is 4.36. The van der Waals surface area contributed by atoms with Gasteiger partial charge in [-0.3, -0.25) is 4.79 Å². The van der Waals surface area contributed by atoms with Crippen molar-refractivity contribution >= 4 is 15.7 Å². The molecule has 3 N–H and O–H groups in total. The quantitative estimate of drug-likeness (QED) is 0.656. The van der Waals surface area contributed by atoms with Gasteiger partial charge in [-0.15, -0.1) is 0 Å². The van der Waals surface area contributed by atoms with E-state index < -0.39 is 9.84 Å². The number of hydrogen-bond donors (Lipinski definition) is 2. The number of hydrogen-bond acceptors (Lipinski definition) is 4. The molecule has 1 atom stereocenters. The maximum atomic E-state index is 11.2. The Labute approximate surface area is 90.3 Å². The number of carbonyl (C=O) groups is 1. The highest BCUT2D eigenvalue weighted by atomic mass is 32.2. The molecule has 1 fully saturated rings. The fourth-order valence-electron chi connectivity index (χ4n) is 1.64. The minimum atomic E-state index is -2.83. The molecule has 0 saturated carbocycles. The van der Waals surface area contributed by atoms with Gasteiger partial charge in [0.1, 0.15) is 0 Å². The zero-order chi connectivity index (χ0) is 11.3. The highest BCUT2D eigenvalue weighted by Gasteiger charge is 2.27. The van der Waals surface area contributed by atoms with Gasteiger partial charge in [-0.2, -0.15) is 0 Å². The summed E-state index contributed by atoms with van der Waals surface area (Å²) in [7, 11) is -2.83. The van der Waals surface area contributed by atoms with Gasteiger partial charge in [-0.05, 0) is 25.3 Å². The monoisotopic (exact) mass is 234 g/mol. The molecule has 1 rings (SSSR count). The van der Waals surface area contributed by atoms with Gasteiger partial charge in [0.15, 0.2) is 9.84 Å². The molecule has 88 valence electrons.